The number of ether oxygens (including phenoxy) is 1. The monoisotopic (exact) mass is 321 g/mol. The summed E-state index contributed by atoms with van der Waals surface area (Å²) >= 11 is 3.25. The summed E-state index contributed by atoms with van der Waals surface area (Å²) in [6, 6.07) is 3.26. The molecule has 0 heterocycles. The molecule has 1 aromatic rings. The SMILES string of the molecule is COCC(CCBr)NC(=O)c1cccc(F)c1F. The molecule has 0 aromatic heterocycles. The van der Waals surface area contributed by atoms with E-state index in [4.69, 9.17) is 4.74 Å². The highest BCUT2D eigenvalue weighted by atomic mass is 79.9. The van der Waals surface area contributed by atoms with Crippen molar-refractivity contribution in [1.29, 1.82) is 0 Å². The van der Waals surface area contributed by atoms with E-state index in [2.05, 4.69) is 21.2 Å². The highest BCUT2D eigenvalue weighted by Gasteiger charge is 2.18. The van der Waals surface area contributed by atoms with Crippen molar-refractivity contribution < 1.29 is 18.3 Å². The molecule has 1 rings (SSSR count). The summed E-state index contributed by atoms with van der Waals surface area (Å²) in [5.41, 5.74) is -0.300. The van der Waals surface area contributed by atoms with Crippen LogP contribution in [0.1, 0.15) is 16.8 Å². The van der Waals surface area contributed by atoms with Gasteiger partial charge >= 0.3 is 0 Å². The van der Waals surface area contributed by atoms with Crippen LogP contribution in [-0.4, -0.2) is 31.0 Å². The molecule has 6 heteroatoms. The van der Waals surface area contributed by atoms with E-state index in [0.29, 0.717) is 18.4 Å². The number of nitrogens with one attached hydrogen (secondary N) is 1. The fourth-order valence-corrected chi connectivity index (χ4v) is 2.03. The van der Waals surface area contributed by atoms with Crippen molar-refractivity contribution in [2.75, 3.05) is 19.0 Å². The maximum atomic E-state index is 13.4. The number of amides is 1. The van der Waals surface area contributed by atoms with E-state index in [9.17, 15) is 13.6 Å². The van der Waals surface area contributed by atoms with E-state index < -0.39 is 17.5 Å². The first kappa shape index (κ1) is 15.0. The Morgan fingerprint density at radius 3 is 2.83 bits per heavy atom. The Bertz CT molecular complexity index is 409. The number of rotatable bonds is 6. The zero-order valence-corrected chi connectivity index (χ0v) is 11.5. The molecule has 0 aliphatic rings. The van der Waals surface area contributed by atoms with Crippen molar-refractivity contribution in [1.82, 2.24) is 5.32 Å². The van der Waals surface area contributed by atoms with Gasteiger partial charge in [0.1, 0.15) is 0 Å². The normalized spacial score (nSPS) is 12.2. The van der Waals surface area contributed by atoms with E-state index in [-0.39, 0.29) is 11.6 Å². The lowest BCUT2D eigenvalue weighted by atomic mass is 10.1. The van der Waals surface area contributed by atoms with Crippen LogP contribution >= 0.6 is 15.9 Å². The average Bonchev–Trinajstić information content (AvgIpc) is 2.33. The number of alkyl halides is 1. The third-order valence-electron chi connectivity index (χ3n) is 2.36. The number of methoxy groups -OCH3 is 1. The maximum Gasteiger partial charge on any atom is 0.254 e. The summed E-state index contributed by atoms with van der Waals surface area (Å²) < 4.78 is 31.3. The van der Waals surface area contributed by atoms with Crippen molar-refractivity contribution in [3.05, 3.63) is 35.4 Å². The van der Waals surface area contributed by atoms with Gasteiger partial charge in [-0.25, -0.2) is 8.78 Å². The molecular weight excluding hydrogens is 308 g/mol. The van der Waals surface area contributed by atoms with Crippen LogP contribution in [0.4, 0.5) is 8.78 Å². The molecule has 1 aromatic carbocycles. The molecule has 0 saturated heterocycles. The number of hydrogen-bond donors (Lipinski definition) is 1. The molecule has 1 unspecified atom stereocenters. The third kappa shape index (κ3) is 4.03. The van der Waals surface area contributed by atoms with E-state index in [0.717, 1.165) is 6.07 Å². The van der Waals surface area contributed by atoms with Crippen molar-refractivity contribution in [2.24, 2.45) is 0 Å². The van der Waals surface area contributed by atoms with Gasteiger partial charge in [-0.3, -0.25) is 4.79 Å². The van der Waals surface area contributed by atoms with Gasteiger partial charge in [-0.15, -0.1) is 0 Å². The van der Waals surface area contributed by atoms with Crippen LogP contribution in [0.5, 0.6) is 0 Å². The molecule has 0 fully saturated rings. The van der Waals surface area contributed by atoms with Crippen LogP contribution in [0.25, 0.3) is 0 Å². The van der Waals surface area contributed by atoms with Gasteiger partial charge in [-0.1, -0.05) is 22.0 Å². The number of carbonyl (C=O) groups is 1. The largest absolute Gasteiger partial charge is 0.383 e. The van der Waals surface area contributed by atoms with E-state index in [1.165, 1.54) is 19.2 Å². The third-order valence-corrected chi connectivity index (χ3v) is 2.81. The van der Waals surface area contributed by atoms with Gasteiger partial charge in [0.25, 0.3) is 5.91 Å². The summed E-state index contributed by atoms with van der Waals surface area (Å²) in [6.07, 6.45) is 0.635. The quantitative estimate of drug-likeness (QED) is 0.817. The van der Waals surface area contributed by atoms with Gasteiger partial charge in [0.05, 0.1) is 18.2 Å². The number of benzene rings is 1. The number of halogens is 3. The summed E-state index contributed by atoms with van der Waals surface area (Å²) in [5, 5.41) is 3.28. The van der Waals surface area contributed by atoms with Crippen LogP contribution in [0.3, 0.4) is 0 Å². The lowest BCUT2D eigenvalue weighted by Gasteiger charge is -2.17. The Kier molecular flexibility index (Phi) is 6.21. The fraction of sp³-hybridized carbons (Fsp3) is 0.417. The zero-order chi connectivity index (χ0) is 13.5. The second-order valence-corrected chi connectivity index (χ2v) is 4.50. The smallest absolute Gasteiger partial charge is 0.254 e. The Hall–Kier alpha value is -1.01. The van der Waals surface area contributed by atoms with Gasteiger partial charge in [0, 0.05) is 12.4 Å². The predicted octanol–water partition coefficient (Wildman–Crippen LogP) is 2.49. The highest BCUT2D eigenvalue weighted by molar-refractivity contribution is 9.09. The molecule has 1 amide bonds. The molecule has 1 N–H and O–H groups in total. The van der Waals surface area contributed by atoms with Crippen molar-refractivity contribution >= 4 is 21.8 Å². The predicted molar refractivity (Wildman–Crippen MR) is 67.9 cm³/mol. The second-order valence-electron chi connectivity index (χ2n) is 3.70. The lowest BCUT2D eigenvalue weighted by molar-refractivity contribution is 0.0890. The van der Waals surface area contributed by atoms with Crippen molar-refractivity contribution in [3.63, 3.8) is 0 Å². The highest BCUT2D eigenvalue weighted by Crippen LogP contribution is 2.11. The Balaban J connectivity index is 2.77. The molecule has 0 saturated carbocycles. The first-order valence-electron chi connectivity index (χ1n) is 5.40. The fourth-order valence-electron chi connectivity index (χ4n) is 1.47. The molecule has 1 atom stereocenters. The van der Waals surface area contributed by atoms with E-state index in [1.54, 1.807) is 0 Å². The average molecular weight is 322 g/mol. The standard InChI is InChI=1S/C12H14BrF2NO2/c1-18-7-8(5-6-13)16-12(17)9-3-2-4-10(14)11(9)15/h2-4,8H,5-7H2,1H3,(H,16,17). The number of carbonyl (C=O) groups excluding carboxylic acids is 1. The summed E-state index contributed by atoms with van der Waals surface area (Å²) in [4.78, 5) is 11.8. The summed E-state index contributed by atoms with van der Waals surface area (Å²) in [6.45, 7) is 0.314. The van der Waals surface area contributed by atoms with Gasteiger partial charge < -0.3 is 10.1 Å². The summed E-state index contributed by atoms with van der Waals surface area (Å²) in [5.74, 6) is -2.81. The van der Waals surface area contributed by atoms with E-state index in [1.807, 2.05) is 0 Å². The summed E-state index contributed by atoms with van der Waals surface area (Å²) in [7, 11) is 1.51. The topological polar surface area (TPSA) is 38.3 Å². The molecule has 18 heavy (non-hydrogen) atoms. The Morgan fingerprint density at radius 2 is 2.22 bits per heavy atom. The van der Waals surface area contributed by atoms with E-state index >= 15 is 0 Å². The second kappa shape index (κ2) is 7.43. The molecule has 3 nitrogen and oxygen atoms in total. The Morgan fingerprint density at radius 1 is 1.50 bits per heavy atom. The van der Waals surface area contributed by atoms with Gasteiger partial charge in [0.2, 0.25) is 0 Å². The van der Waals surface area contributed by atoms with Crippen LogP contribution in [0.15, 0.2) is 18.2 Å². The molecule has 100 valence electrons. The first-order valence-corrected chi connectivity index (χ1v) is 6.52. The zero-order valence-electron chi connectivity index (χ0n) is 9.88. The van der Waals surface area contributed by atoms with Crippen LogP contribution < -0.4 is 5.32 Å². The minimum atomic E-state index is -1.13. The molecule has 0 aliphatic heterocycles. The van der Waals surface area contributed by atoms with Crippen LogP contribution in [-0.2, 0) is 4.74 Å². The molecule has 0 aliphatic carbocycles. The van der Waals surface area contributed by atoms with Gasteiger partial charge in [0.15, 0.2) is 11.6 Å². The van der Waals surface area contributed by atoms with Crippen LogP contribution in [0, 0.1) is 11.6 Å². The molecular formula is C12H14BrF2NO2. The molecule has 0 bridgehead atoms. The van der Waals surface area contributed by atoms with Gasteiger partial charge in [-0.2, -0.15) is 0 Å². The van der Waals surface area contributed by atoms with Gasteiger partial charge in [-0.05, 0) is 18.6 Å². The van der Waals surface area contributed by atoms with Crippen molar-refractivity contribution in [3.8, 4) is 0 Å². The minimum Gasteiger partial charge on any atom is -0.383 e. The lowest BCUT2D eigenvalue weighted by Crippen LogP contribution is -2.38. The Labute approximate surface area is 113 Å². The first-order chi connectivity index (χ1) is 8.60. The maximum absolute atomic E-state index is 13.4. The minimum absolute atomic E-state index is 0.246. The molecule has 0 spiro atoms. The number of hydrogen-bond acceptors (Lipinski definition) is 2. The van der Waals surface area contributed by atoms with Crippen LogP contribution in [0.2, 0.25) is 0 Å². The molecule has 0 radical (unpaired) electrons. The van der Waals surface area contributed by atoms with Crippen molar-refractivity contribution in [2.45, 2.75) is 12.5 Å².